The predicted molar refractivity (Wildman–Crippen MR) is 157 cm³/mol. The Morgan fingerprint density at radius 1 is 0.870 bits per heavy atom. The monoisotopic (exact) mass is 640 g/mol. The summed E-state index contributed by atoms with van der Waals surface area (Å²) in [5, 5.41) is 81.1. The smallest absolute Gasteiger partial charge is 0.330 e. The normalized spacial score (nSPS) is 21.3. The lowest BCUT2D eigenvalue weighted by atomic mass is 9.99. The topological polar surface area (TPSA) is 246 Å². The van der Waals surface area contributed by atoms with Crippen LogP contribution in [0.4, 0.5) is 0 Å². The number of carbonyl (C=O) groups excluding carboxylic acids is 1. The molecule has 0 radical (unpaired) electrons. The molecule has 4 aromatic rings. The van der Waals surface area contributed by atoms with Gasteiger partial charge in [0.2, 0.25) is 17.5 Å². The van der Waals surface area contributed by atoms with Crippen LogP contribution in [-0.2, 0) is 14.3 Å². The Balaban J connectivity index is 1.41. The molecule has 46 heavy (non-hydrogen) atoms. The zero-order valence-electron chi connectivity index (χ0n) is 23.8. The molecule has 1 aliphatic rings. The molecular weight excluding hydrogens is 612 g/mol. The van der Waals surface area contributed by atoms with Crippen molar-refractivity contribution in [1.29, 1.82) is 0 Å². The lowest BCUT2D eigenvalue weighted by Crippen LogP contribution is -2.60. The number of esters is 1. The number of hydrogen-bond donors (Lipinski definition) is 8. The number of phenols is 5. The standard InChI is InChI=1S/C31H28O15/c1-42-20-8-13(2-5-17(20)34)3-7-23(37)43-12-22-25(38)27(40)28(41)31(45-22)46-30-26(39)24-19(36)10-15(32)11-21(24)44-29(30)14-4-6-16(33)18(35)9-14/h2-11,22,25,27-28,31-36,38,40-41H,12H2,1H3/b7-3+/t22-,25+,27+,28-,31+/m1/s1. The molecule has 1 aliphatic heterocycles. The molecule has 5 atom stereocenters. The van der Waals surface area contributed by atoms with E-state index in [4.69, 9.17) is 23.4 Å². The van der Waals surface area contributed by atoms with Crippen LogP contribution in [0, 0.1) is 0 Å². The quantitative estimate of drug-likeness (QED) is 0.0771. The molecule has 5 rings (SSSR count). The summed E-state index contributed by atoms with van der Waals surface area (Å²) in [6.45, 7) is -0.641. The van der Waals surface area contributed by atoms with Crippen molar-refractivity contribution in [1.82, 2.24) is 0 Å². The molecule has 0 unspecified atom stereocenters. The van der Waals surface area contributed by atoms with E-state index in [0.717, 1.165) is 30.3 Å². The first kappa shape index (κ1) is 31.9. The highest BCUT2D eigenvalue weighted by Crippen LogP contribution is 2.39. The first-order chi connectivity index (χ1) is 21.9. The molecule has 15 nitrogen and oxygen atoms in total. The van der Waals surface area contributed by atoms with Crippen molar-refractivity contribution < 1.29 is 69.0 Å². The van der Waals surface area contributed by atoms with Gasteiger partial charge in [-0.2, -0.15) is 0 Å². The van der Waals surface area contributed by atoms with Gasteiger partial charge in [0.25, 0.3) is 0 Å². The largest absolute Gasteiger partial charge is 0.508 e. The minimum atomic E-state index is -1.96. The fourth-order valence-electron chi connectivity index (χ4n) is 4.67. The highest BCUT2D eigenvalue weighted by atomic mass is 16.7. The van der Waals surface area contributed by atoms with Gasteiger partial charge in [-0.1, -0.05) is 6.07 Å². The fraction of sp³-hybridized carbons (Fsp3) is 0.226. The third kappa shape index (κ3) is 6.33. The van der Waals surface area contributed by atoms with E-state index in [1.165, 1.54) is 37.5 Å². The molecule has 1 saturated heterocycles. The fourth-order valence-corrected chi connectivity index (χ4v) is 4.67. The minimum Gasteiger partial charge on any atom is -0.508 e. The summed E-state index contributed by atoms with van der Waals surface area (Å²) >= 11 is 0. The maximum absolute atomic E-state index is 13.6. The van der Waals surface area contributed by atoms with Crippen molar-refractivity contribution in [2.24, 2.45) is 0 Å². The third-order valence-corrected chi connectivity index (χ3v) is 7.06. The number of phenolic OH excluding ortho intramolecular Hbond substituents is 5. The van der Waals surface area contributed by atoms with Gasteiger partial charge < -0.3 is 64.2 Å². The van der Waals surface area contributed by atoms with Gasteiger partial charge in [0.1, 0.15) is 53.5 Å². The Bertz CT molecular complexity index is 1860. The van der Waals surface area contributed by atoms with Crippen LogP contribution in [0.25, 0.3) is 28.4 Å². The molecule has 1 aromatic heterocycles. The zero-order valence-corrected chi connectivity index (χ0v) is 23.8. The lowest BCUT2D eigenvalue weighted by Gasteiger charge is -2.39. The Hall–Kier alpha value is -5.48. The van der Waals surface area contributed by atoms with Gasteiger partial charge in [0.15, 0.2) is 28.8 Å². The van der Waals surface area contributed by atoms with E-state index in [1.54, 1.807) is 0 Å². The summed E-state index contributed by atoms with van der Waals surface area (Å²) in [6.07, 6.45) is -6.60. The summed E-state index contributed by atoms with van der Waals surface area (Å²) in [5.74, 6) is -4.12. The summed E-state index contributed by atoms with van der Waals surface area (Å²) in [6, 6.07) is 9.60. The molecule has 0 bridgehead atoms. The van der Waals surface area contributed by atoms with Crippen LogP contribution in [0.5, 0.6) is 40.2 Å². The van der Waals surface area contributed by atoms with Crippen molar-refractivity contribution in [3.8, 4) is 51.6 Å². The highest BCUT2D eigenvalue weighted by Gasteiger charge is 2.46. The van der Waals surface area contributed by atoms with E-state index < -0.39 is 88.6 Å². The number of rotatable bonds is 8. The van der Waals surface area contributed by atoms with Gasteiger partial charge in [-0.05, 0) is 42.0 Å². The van der Waals surface area contributed by atoms with E-state index >= 15 is 0 Å². The van der Waals surface area contributed by atoms with Crippen LogP contribution >= 0.6 is 0 Å². The molecule has 0 aliphatic carbocycles. The third-order valence-electron chi connectivity index (χ3n) is 7.06. The zero-order chi connectivity index (χ0) is 33.3. The number of carbonyl (C=O) groups is 1. The molecule has 242 valence electrons. The molecule has 0 saturated carbocycles. The summed E-state index contributed by atoms with van der Waals surface area (Å²) in [4.78, 5) is 26.0. The van der Waals surface area contributed by atoms with Crippen LogP contribution in [0.2, 0.25) is 0 Å². The first-order valence-corrected chi connectivity index (χ1v) is 13.5. The molecule has 2 heterocycles. The summed E-state index contributed by atoms with van der Waals surface area (Å²) in [7, 11) is 1.36. The van der Waals surface area contributed by atoms with Crippen molar-refractivity contribution in [3.63, 3.8) is 0 Å². The minimum absolute atomic E-state index is 0.0264. The van der Waals surface area contributed by atoms with E-state index in [9.17, 15) is 50.4 Å². The van der Waals surface area contributed by atoms with Gasteiger partial charge in [0.05, 0.1) is 7.11 Å². The summed E-state index contributed by atoms with van der Waals surface area (Å²) < 4.78 is 27.2. The number of hydrogen-bond acceptors (Lipinski definition) is 15. The lowest BCUT2D eigenvalue weighted by molar-refractivity contribution is -0.278. The van der Waals surface area contributed by atoms with Crippen LogP contribution in [0.3, 0.4) is 0 Å². The highest BCUT2D eigenvalue weighted by molar-refractivity contribution is 5.88. The maximum Gasteiger partial charge on any atom is 0.330 e. The Kier molecular flexibility index (Phi) is 8.93. The molecule has 0 amide bonds. The molecule has 1 fully saturated rings. The van der Waals surface area contributed by atoms with E-state index in [1.807, 2.05) is 0 Å². The van der Waals surface area contributed by atoms with Crippen LogP contribution < -0.4 is 14.9 Å². The summed E-state index contributed by atoms with van der Waals surface area (Å²) in [5.41, 5.74) is -0.847. The van der Waals surface area contributed by atoms with Crippen molar-refractivity contribution in [3.05, 3.63) is 70.4 Å². The van der Waals surface area contributed by atoms with E-state index in [0.29, 0.717) is 5.56 Å². The van der Waals surface area contributed by atoms with Crippen LogP contribution in [-0.4, -0.2) is 91.2 Å². The molecule has 8 N–H and O–H groups in total. The number of ether oxygens (including phenoxy) is 4. The molecular formula is C31H28O15. The average molecular weight is 641 g/mol. The first-order valence-electron chi connectivity index (χ1n) is 13.5. The number of benzene rings is 3. The second-order valence-electron chi connectivity index (χ2n) is 10.2. The Morgan fingerprint density at radius 2 is 1.61 bits per heavy atom. The Morgan fingerprint density at radius 3 is 2.33 bits per heavy atom. The Labute approximate surface area is 258 Å². The SMILES string of the molecule is COc1cc(/C=C/C(=O)OC[C@H]2O[C@@H](Oc3c(-c4ccc(O)c(O)c4)oc4cc(O)cc(O)c4c3=O)[C@H](O)[C@@H](O)[C@H]2O)ccc1O. The average Bonchev–Trinajstić information content (AvgIpc) is 3.02. The predicted octanol–water partition coefficient (Wildman–Crippen LogP) is 1.44. The van der Waals surface area contributed by atoms with Crippen molar-refractivity contribution in [2.75, 3.05) is 13.7 Å². The van der Waals surface area contributed by atoms with Gasteiger partial charge >= 0.3 is 5.97 Å². The maximum atomic E-state index is 13.6. The van der Waals surface area contributed by atoms with E-state index in [2.05, 4.69) is 0 Å². The number of aliphatic hydroxyl groups excluding tert-OH is 3. The molecule has 3 aromatic carbocycles. The van der Waals surface area contributed by atoms with Crippen molar-refractivity contribution in [2.45, 2.75) is 30.7 Å². The van der Waals surface area contributed by atoms with Gasteiger partial charge in [-0.25, -0.2) is 4.79 Å². The molecule has 0 spiro atoms. The van der Waals surface area contributed by atoms with Gasteiger partial charge in [0, 0.05) is 23.8 Å². The van der Waals surface area contributed by atoms with Gasteiger partial charge in [-0.3, -0.25) is 4.79 Å². The number of aromatic hydroxyl groups is 5. The van der Waals surface area contributed by atoms with Crippen LogP contribution in [0.1, 0.15) is 5.56 Å². The second kappa shape index (κ2) is 12.9. The number of methoxy groups -OCH3 is 1. The van der Waals surface area contributed by atoms with Gasteiger partial charge in [-0.15, -0.1) is 0 Å². The number of fused-ring (bicyclic) bond motifs is 1. The number of aliphatic hydroxyl groups is 3. The second-order valence-corrected chi connectivity index (χ2v) is 10.2. The van der Waals surface area contributed by atoms with E-state index in [-0.39, 0.29) is 22.6 Å². The van der Waals surface area contributed by atoms with Crippen LogP contribution in [0.15, 0.2) is 63.8 Å². The molecule has 15 heteroatoms. The van der Waals surface area contributed by atoms with Crippen molar-refractivity contribution >= 4 is 23.0 Å².